The van der Waals surface area contributed by atoms with Crippen LogP contribution in [0.15, 0.2) is 52.0 Å². The van der Waals surface area contributed by atoms with Gasteiger partial charge in [0.2, 0.25) is 0 Å². The van der Waals surface area contributed by atoms with Crippen molar-refractivity contribution in [3.8, 4) is 0 Å². The largest absolute Gasteiger partial charge is 0.463 e. The Hall–Kier alpha value is -2.80. The lowest BCUT2D eigenvalue weighted by atomic mass is 9.80. The van der Waals surface area contributed by atoms with Crippen LogP contribution in [-0.2, 0) is 23.9 Å². The van der Waals surface area contributed by atoms with Crippen molar-refractivity contribution in [1.29, 1.82) is 0 Å². The Morgan fingerprint density at radius 2 is 1.75 bits per heavy atom. The highest BCUT2D eigenvalue weighted by Gasteiger charge is 2.39. The zero-order chi connectivity index (χ0) is 20.7. The molecule has 0 aliphatic carbocycles. The Morgan fingerprint density at radius 1 is 1.14 bits per heavy atom. The molecule has 1 aromatic carbocycles. The van der Waals surface area contributed by atoms with E-state index < -0.39 is 17.9 Å². The first-order chi connectivity index (χ1) is 13.5. The number of ether oxygens (including phenoxy) is 2. The van der Waals surface area contributed by atoms with E-state index in [1.165, 1.54) is 13.3 Å². The average molecular weight is 407 g/mol. The second-order valence-corrected chi connectivity index (χ2v) is 6.21. The second kappa shape index (κ2) is 9.94. The number of carbonyl (C=O) groups is 2. The summed E-state index contributed by atoms with van der Waals surface area (Å²) in [6, 6.07) is 7.01. The highest BCUT2D eigenvalue weighted by molar-refractivity contribution is 6.31. The number of hydrogen-bond donors (Lipinski definition) is 1. The van der Waals surface area contributed by atoms with E-state index in [1.807, 2.05) is 0 Å². The van der Waals surface area contributed by atoms with Gasteiger partial charge in [0.1, 0.15) is 7.11 Å². The molecule has 0 amide bonds. The average Bonchev–Trinajstić information content (AvgIpc) is 2.66. The van der Waals surface area contributed by atoms with Gasteiger partial charge < -0.3 is 19.6 Å². The van der Waals surface area contributed by atoms with E-state index in [-0.39, 0.29) is 24.4 Å². The molecule has 1 aliphatic heterocycles. The third-order valence-corrected chi connectivity index (χ3v) is 4.43. The number of rotatable bonds is 7. The zero-order valence-corrected chi connectivity index (χ0v) is 17.0. The van der Waals surface area contributed by atoms with E-state index in [0.717, 1.165) is 0 Å². The molecule has 1 heterocycles. The molecular weight excluding hydrogens is 384 g/mol. The highest BCUT2D eigenvalue weighted by Crippen LogP contribution is 2.41. The Labute approximate surface area is 169 Å². The van der Waals surface area contributed by atoms with Crippen LogP contribution < -0.4 is 5.32 Å². The molecule has 1 atom stereocenters. The number of nitrogens with one attached hydrogen (secondary N) is 1. The molecule has 0 radical (unpaired) electrons. The summed E-state index contributed by atoms with van der Waals surface area (Å²) in [5, 5.41) is 7.20. The minimum atomic E-state index is -0.786. The number of dihydropyridines is 1. The molecule has 0 bridgehead atoms. The molecular formula is C20H23ClN2O5. The Balaban J connectivity index is 2.76. The van der Waals surface area contributed by atoms with Crippen LogP contribution in [-0.4, -0.2) is 38.5 Å². The maximum atomic E-state index is 12.9. The van der Waals surface area contributed by atoms with Crippen molar-refractivity contribution >= 4 is 29.8 Å². The molecule has 0 saturated heterocycles. The number of nitrogens with zero attached hydrogens (tertiary/aromatic N) is 1. The Morgan fingerprint density at radius 3 is 2.32 bits per heavy atom. The third kappa shape index (κ3) is 4.54. The van der Waals surface area contributed by atoms with E-state index in [1.54, 1.807) is 45.0 Å². The van der Waals surface area contributed by atoms with Gasteiger partial charge in [-0.15, -0.1) is 0 Å². The molecule has 1 aliphatic rings. The van der Waals surface area contributed by atoms with Crippen LogP contribution in [0.3, 0.4) is 0 Å². The van der Waals surface area contributed by atoms with Gasteiger partial charge in [0.15, 0.2) is 0 Å². The standard InChI is InChI=1S/C20H23ClN2O5/c1-5-27-19(24)16-12(3)23-15(11-22-26-4)18(20(25)28-6-2)17(16)13-9-7-8-10-14(13)21/h7-11,17,23H,5-6H2,1-4H3. The third-order valence-electron chi connectivity index (χ3n) is 4.09. The van der Waals surface area contributed by atoms with Gasteiger partial charge in [-0.3, -0.25) is 0 Å². The summed E-state index contributed by atoms with van der Waals surface area (Å²) < 4.78 is 10.5. The van der Waals surface area contributed by atoms with Crippen LogP contribution >= 0.6 is 11.6 Å². The molecule has 0 saturated carbocycles. The van der Waals surface area contributed by atoms with E-state index in [4.69, 9.17) is 25.9 Å². The van der Waals surface area contributed by atoms with Gasteiger partial charge in [-0.1, -0.05) is 35.0 Å². The van der Waals surface area contributed by atoms with Crippen LogP contribution in [0, 0.1) is 0 Å². The maximum Gasteiger partial charge on any atom is 0.337 e. The van der Waals surface area contributed by atoms with Crippen molar-refractivity contribution in [2.45, 2.75) is 26.7 Å². The molecule has 8 heteroatoms. The van der Waals surface area contributed by atoms with Gasteiger partial charge in [-0.2, -0.15) is 0 Å². The van der Waals surface area contributed by atoms with Crippen LogP contribution in [0.5, 0.6) is 0 Å². The lowest BCUT2D eigenvalue weighted by Gasteiger charge is -2.30. The summed E-state index contributed by atoms with van der Waals surface area (Å²) in [4.78, 5) is 30.4. The predicted octanol–water partition coefficient (Wildman–Crippen LogP) is 3.31. The molecule has 150 valence electrons. The molecule has 0 spiro atoms. The monoisotopic (exact) mass is 406 g/mol. The minimum absolute atomic E-state index is 0.170. The summed E-state index contributed by atoms with van der Waals surface area (Å²) in [6.45, 7) is 5.51. The van der Waals surface area contributed by atoms with Gasteiger partial charge in [0.25, 0.3) is 0 Å². The lowest BCUT2D eigenvalue weighted by Crippen LogP contribution is -2.34. The van der Waals surface area contributed by atoms with E-state index in [9.17, 15) is 9.59 Å². The van der Waals surface area contributed by atoms with Crippen molar-refractivity contribution in [2.75, 3.05) is 20.3 Å². The summed E-state index contributed by atoms with van der Waals surface area (Å²) >= 11 is 6.42. The summed E-state index contributed by atoms with van der Waals surface area (Å²) in [5.74, 6) is -1.92. The molecule has 0 aromatic heterocycles. The molecule has 1 aromatic rings. The SMILES string of the molecule is CCOC(=O)C1=C(C)NC(C=NOC)=C(C(=O)OCC)C1c1ccccc1Cl. The summed E-state index contributed by atoms with van der Waals surface area (Å²) in [7, 11) is 1.39. The summed E-state index contributed by atoms with van der Waals surface area (Å²) in [6.07, 6.45) is 1.36. The molecule has 7 nitrogen and oxygen atoms in total. The fourth-order valence-electron chi connectivity index (χ4n) is 3.00. The topological polar surface area (TPSA) is 86.2 Å². The first-order valence-electron chi connectivity index (χ1n) is 8.83. The van der Waals surface area contributed by atoms with Crippen molar-refractivity contribution in [1.82, 2.24) is 5.32 Å². The Kier molecular flexibility index (Phi) is 7.63. The number of esters is 2. The first kappa shape index (κ1) is 21.5. The predicted molar refractivity (Wildman–Crippen MR) is 106 cm³/mol. The van der Waals surface area contributed by atoms with Crippen LogP contribution in [0.25, 0.3) is 0 Å². The van der Waals surface area contributed by atoms with Gasteiger partial charge >= 0.3 is 11.9 Å². The maximum absolute atomic E-state index is 12.9. The number of halogens is 1. The van der Waals surface area contributed by atoms with E-state index >= 15 is 0 Å². The molecule has 28 heavy (non-hydrogen) atoms. The van der Waals surface area contributed by atoms with Gasteiger partial charge in [0, 0.05) is 10.7 Å². The van der Waals surface area contributed by atoms with Crippen LogP contribution in [0.1, 0.15) is 32.3 Å². The van der Waals surface area contributed by atoms with Crippen molar-refractivity contribution in [2.24, 2.45) is 5.16 Å². The molecule has 1 unspecified atom stereocenters. The number of allylic oxidation sites excluding steroid dienone is 2. The number of hydrogen-bond acceptors (Lipinski definition) is 7. The van der Waals surface area contributed by atoms with Gasteiger partial charge in [-0.25, -0.2) is 9.59 Å². The van der Waals surface area contributed by atoms with Crippen molar-refractivity contribution in [3.63, 3.8) is 0 Å². The van der Waals surface area contributed by atoms with E-state index in [2.05, 4.69) is 10.5 Å². The quantitative estimate of drug-likeness (QED) is 0.424. The fraction of sp³-hybridized carbons (Fsp3) is 0.350. The second-order valence-electron chi connectivity index (χ2n) is 5.80. The van der Waals surface area contributed by atoms with Crippen LogP contribution in [0.2, 0.25) is 5.02 Å². The Bertz CT molecular complexity index is 845. The minimum Gasteiger partial charge on any atom is -0.463 e. The van der Waals surface area contributed by atoms with Crippen molar-refractivity contribution in [3.05, 3.63) is 57.4 Å². The first-order valence-corrected chi connectivity index (χ1v) is 9.21. The van der Waals surface area contributed by atoms with Gasteiger partial charge in [-0.05, 0) is 32.4 Å². The van der Waals surface area contributed by atoms with Crippen molar-refractivity contribution < 1.29 is 23.9 Å². The fourth-order valence-corrected chi connectivity index (χ4v) is 3.24. The molecule has 2 rings (SSSR count). The number of benzene rings is 1. The number of oxime groups is 1. The zero-order valence-electron chi connectivity index (χ0n) is 16.2. The molecule has 1 N–H and O–H groups in total. The van der Waals surface area contributed by atoms with Gasteiger partial charge in [0.05, 0.1) is 42.2 Å². The number of carbonyl (C=O) groups excluding carboxylic acids is 2. The highest BCUT2D eigenvalue weighted by atomic mass is 35.5. The van der Waals surface area contributed by atoms with E-state index in [0.29, 0.717) is 22.0 Å². The lowest BCUT2D eigenvalue weighted by molar-refractivity contribution is -0.139. The molecule has 0 fully saturated rings. The summed E-state index contributed by atoms with van der Waals surface area (Å²) in [5.41, 5.74) is 1.95. The van der Waals surface area contributed by atoms with Crippen LogP contribution in [0.4, 0.5) is 0 Å². The smallest absolute Gasteiger partial charge is 0.337 e. The normalized spacial score (nSPS) is 16.8.